The minimum Gasteiger partial charge on any atom is -0.467 e. The van der Waals surface area contributed by atoms with Crippen molar-refractivity contribution < 1.29 is 17.6 Å². The summed E-state index contributed by atoms with van der Waals surface area (Å²) in [7, 11) is 0. The minimum absolute atomic E-state index is 0.0988. The van der Waals surface area contributed by atoms with E-state index in [0.29, 0.717) is 23.0 Å². The van der Waals surface area contributed by atoms with Gasteiger partial charge in [-0.15, -0.1) is 0 Å². The number of alkyl halides is 3. The van der Waals surface area contributed by atoms with Crippen LogP contribution in [0.25, 0.3) is 5.69 Å². The van der Waals surface area contributed by atoms with Crippen LogP contribution in [-0.4, -0.2) is 19.6 Å². The van der Waals surface area contributed by atoms with Crippen LogP contribution in [0.4, 0.5) is 13.2 Å². The van der Waals surface area contributed by atoms with Crippen molar-refractivity contribution in [1.29, 1.82) is 0 Å². The van der Waals surface area contributed by atoms with Gasteiger partial charge in [-0.2, -0.15) is 13.2 Å². The van der Waals surface area contributed by atoms with Crippen LogP contribution >= 0.6 is 12.2 Å². The Hall–Kier alpha value is -3.59. The molecule has 180 valence electrons. The van der Waals surface area contributed by atoms with Crippen molar-refractivity contribution in [3.63, 3.8) is 0 Å². The first kappa shape index (κ1) is 23.2. The van der Waals surface area contributed by atoms with Crippen molar-refractivity contribution in [2.45, 2.75) is 38.7 Å². The van der Waals surface area contributed by atoms with E-state index in [1.54, 1.807) is 23.1 Å². The fourth-order valence-electron chi connectivity index (χ4n) is 4.85. The normalized spacial score (nSPS) is 18.2. The van der Waals surface area contributed by atoms with Gasteiger partial charge in [0.25, 0.3) is 0 Å². The summed E-state index contributed by atoms with van der Waals surface area (Å²) >= 11 is 5.70. The van der Waals surface area contributed by atoms with E-state index in [1.807, 2.05) is 55.1 Å². The van der Waals surface area contributed by atoms with Crippen LogP contribution < -0.4 is 5.32 Å². The number of furan rings is 1. The number of thiocarbonyl (C=S) groups is 1. The lowest BCUT2D eigenvalue weighted by atomic mass is 9.96. The van der Waals surface area contributed by atoms with Gasteiger partial charge in [0, 0.05) is 17.6 Å². The number of pyridine rings is 1. The topological polar surface area (TPSA) is 46.2 Å². The summed E-state index contributed by atoms with van der Waals surface area (Å²) in [5.74, 6) is 0.733. The predicted octanol–water partition coefficient (Wildman–Crippen LogP) is 6.27. The van der Waals surface area contributed by atoms with E-state index in [9.17, 15) is 13.2 Å². The summed E-state index contributed by atoms with van der Waals surface area (Å²) in [4.78, 5) is 6.55. The Kier molecular flexibility index (Phi) is 5.88. The van der Waals surface area contributed by atoms with Gasteiger partial charge in [-0.1, -0.05) is 18.2 Å². The lowest BCUT2D eigenvalue weighted by molar-refractivity contribution is -0.137. The average Bonchev–Trinajstić information content (AvgIpc) is 3.53. The lowest BCUT2D eigenvalue weighted by Crippen LogP contribution is -2.29. The van der Waals surface area contributed by atoms with Gasteiger partial charge in [-0.25, -0.2) is 0 Å². The third kappa shape index (κ3) is 4.20. The molecule has 1 aliphatic rings. The molecule has 9 heteroatoms. The second-order valence-corrected chi connectivity index (χ2v) is 8.90. The van der Waals surface area contributed by atoms with E-state index >= 15 is 0 Å². The molecular formula is C26H23F3N4OS. The fourth-order valence-corrected chi connectivity index (χ4v) is 5.16. The van der Waals surface area contributed by atoms with Crippen LogP contribution in [0.3, 0.4) is 0 Å². The van der Waals surface area contributed by atoms with Crippen molar-refractivity contribution in [2.24, 2.45) is 0 Å². The first-order chi connectivity index (χ1) is 16.8. The van der Waals surface area contributed by atoms with Crippen LogP contribution in [0.15, 0.2) is 77.5 Å². The molecule has 2 atom stereocenters. The summed E-state index contributed by atoms with van der Waals surface area (Å²) in [6.07, 6.45) is -1.15. The van der Waals surface area contributed by atoms with Gasteiger partial charge in [-0.05, 0) is 74.1 Å². The molecular weight excluding hydrogens is 473 g/mol. The monoisotopic (exact) mass is 496 g/mol. The standard InChI is InChI=1S/C26H23F3N4OS/c1-16-14-19(17(2)33(16)22-11-4-3-9-20(22)26(27,28)29)24-23(21-10-5-6-12-30-21)31-25(35)32(24)15-18-8-7-13-34-18/h3-14,23-24H,15H2,1-2H3,(H,31,35)/t23-,24+/m0/s1. The Bertz CT molecular complexity index is 1350. The van der Waals surface area contributed by atoms with Gasteiger partial charge in [-0.3, -0.25) is 4.98 Å². The lowest BCUT2D eigenvalue weighted by Gasteiger charge is -2.27. The number of halogens is 3. The number of nitrogens with zero attached hydrogens (tertiary/aromatic N) is 3. The molecule has 4 aromatic rings. The van der Waals surface area contributed by atoms with Crippen LogP contribution in [0.2, 0.25) is 0 Å². The number of benzene rings is 1. The van der Waals surface area contributed by atoms with Crippen molar-refractivity contribution in [3.8, 4) is 5.69 Å². The second kappa shape index (κ2) is 8.88. The zero-order valence-electron chi connectivity index (χ0n) is 19.1. The van der Waals surface area contributed by atoms with Gasteiger partial charge < -0.3 is 19.2 Å². The number of aromatic nitrogens is 2. The Labute approximate surface area is 206 Å². The molecule has 1 N–H and O–H groups in total. The Morgan fingerprint density at radius 3 is 2.51 bits per heavy atom. The molecule has 0 aliphatic carbocycles. The zero-order chi connectivity index (χ0) is 24.7. The summed E-state index contributed by atoms with van der Waals surface area (Å²) in [5, 5.41) is 3.91. The summed E-state index contributed by atoms with van der Waals surface area (Å²) < 4.78 is 48.8. The first-order valence-electron chi connectivity index (χ1n) is 11.1. The molecule has 5 rings (SSSR count). The summed E-state index contributed by atoms with van der Waals surface area (Å²) in [6.45, 7) is 4.07. The van der Waals surface area contributed by atoms with Gasteiger partial charge in [0.1, 0.15) is 5.76 Å². The number of hydrogen-bond donors (Lipinski definition) is 1. The van der Waals surface area contributed by atoms with Crippen molar-refractivity contribution in [2.75, 3.05) is 0 Å². The highest BCUT2D eigenvalue weighted by atomic mass is 32.1. The van der Waals surface area contributed by atoms with Crippen LogP contribution in [0, 0.1) is 13.8 Å². The molecule has 5 nitrogen and oxygen atoms in total. The van der Waals surface area contributed by atoms with E-state index < -0.39 is 11.7 Å². The Balaban J connectivity index is 1.65. The molecule has 0 unspecified atom stereocenters. The van der Waals surface area contributed by atoms with Gasteiger partial charge >= 0.3 is 6.18 Å². The number of hydrogen-bond acceptors (Lipinski definition) is 3. The molecule has 1 aliphatic heterocycles. The molecule has 1 fully saturated rings. The molecule has 0 saturated carbocycles. The Morgan fingerprint density at radius 1 is 1.06 bits per heavy atom. The highest BCUT2D eigenvalue weighted by Gasteiger charge is 2.42. The molecule has 0 bridgehead atoms. The van der Waals surface area contributed by atoms with Crippen LogP contribution in [0.5, 0.6) is 0 Å². The molecule has 0 radical (unpaired) electrons. The number of nitrogens with one attached hydrogen (secondary N) is 1. The van der Waals surface area contributed by atoms with Crippen LogP contribution in [-0.2, 0) is 12.7 Å². The van der Waals surface area contributed by atoms with E-state index in [-0.39, 0.29) is 17.8 Å². The molecule has 1 aromatic carbocycles. The number of rotatable bonds is 5. The Morgan fingerprint density at radius 2 is 1.83 bits per heavy atom. The highest BCUT2D eigenvalue weighted by molar-refractivity contribution is 7.80. The molecule has 4 heterocycles. The molecule has 3 aromatic heterocycles. The molecule has 0 amide bonds. The number of aryl methyl sites for hydroxylation is 1. The van der Waals surface area contributed by atoms with Gasteiger partial charge in [0.2, 0.25) is 0 Å². The quantitative estimate of drug-likeness (QED) is 0.330. The van der Waals surface area contributed by atoms with Gasteiger partial charge in [0.15, 0.2) is 5.11 Å². The molecule has 35 heavy (non-hydrogen) atoms. The summed E-state index contributed by atoms with van der Waals surface area (Å²) in [6, 6.07) is 16.3. The van der Waals surface area contributed by atoms with Crippen molar-refractivity contribution in [1.82, 2.24) is 19.8 Å². The largest absolute Gasteiger partial charge is 0.467 e. The molecule has 1 saturated heterocycles. The zero-order valence-corrected chi connectivity index (χ0v) is 19.9. The maximum atomic E-state index is 13.8. The highest BCUT2D eigenvalue weighted by Crippen LogP contribution is 2.43. The maximum Gasteiger partial charge on any atom is 0.418 e. The first-order valence-corrected chi connectivity index (χ1v) is 11.5. The SMILES string of the molecule is Cc1cc([C@@H]2[C@H](c3ccccn3)NC(=S)N2Cc2ccco2)c(C)n1-c1ccccc1C(F)(F)F. The smallest absolute Gasteiger partial charge is 0.418 e. The maximum absolute atomic E-state index is 13.8. The molecule has 0 spiro atoms. The predicted molar refractivity (Wildman–Crippen MR) is 130 cm³/mol. The third-order valence-electron chi connectivity index (χ3n) is 6.34. The number of para-hydroxylation sites is 1. The van der Waals surface area contributed by atoms with Gasteiger partial charge in [0.05, 0.1) is 41.8 Å². The average molecular weight is 497 g/mol. The minimum atomic E-state index is -4.47. The summed E-state index contributed by atoms with van der Waals surface area (Å²) in [5.41, 5.74) is 2.49. The van der Waals surface area contributed by atoms with E-state index in [0.717, 1.165) is 23.1 Å². The van der Waals surface area contributed by atoms with E-state index in [1.165, 1.54) is 12.1 Å². The van der Waals surface area contributed by atoms with E-state index in [2.05, 4.69) is 10.3 Å². The van der Waals surface area contributed by atoms with E-state index in [4.69, 9.17) is 16.6 Å². The third-order valence-corrected chi connectivity index (χ3v) is 6.70. The van der Waals surface area contributed by atoms with Crippen molar-refractivity contribution in [3.05, 3.63) is 107 Å². The van der Waals surface area contributed by atoms with Crippen molar-refractivity contribution >= 4 is 17.3 Å². The fraction of sp³-hybridized carbons (Fsp3) is 0.231. The van der Waals surface area contributed by atoms with Crippen LogP contribution in [0.1, 0.15) is 46.1 Å². The second-order valence-electron chi connectivity index (χ2n) is 8.51.